The van der Waals surface area contributed by atoms with Gasteiger partial charge in [-0.2, -0.15) is 0 Å². The molecule has 1 atom stereocenters. The Morgan fingerprint density at radius 1 is 1.35 bits per heavy atom. The summed E-state index contributed by atoms with van der Waals surface area (Å²) in [6, 6.07) is 6.98. The lowest BCUT2D eigenvalue weighted by atomic mass is 10.0. The van der Waals surface area contributed by atoms with Gasteiger partial charge in [0.1, 0.15) is 18.1 Å². The van der Waals surface area contributed by atoms with Gasteiger partial charge in [-0.1, -0.05) is 21.1 Å². The number of nitrogens with one attached hydrogen (secondary N) is 2. The molecule has 0 bridgehead atoms. The molecular weight excluding hydrogens is 400 g/mol. The number of nitrogens with zero attached hydrogens (tertiary/aromatic N) is 4. The zero-order valence-electron chi connectivity index (χ0n) is 13.4. The maximum atomic E-state index is 13.0. The molecule has 0 fully saturated rings. The highest BCUT2D eigenvalue weighted by molar-refractivity contribution is 9.10. The van der Waals surface area contributed by atoms with Crippen molar-refractivity contribution in [1.82, 2.24) is 30.0 Å². The van der Waals surface area contributed by atoms with Crippen molar-refractivity contribution >= 4 is 32.9 Å². The maximum Gasteiger partial charge on any atom is 0.276 e. The van der Waals surface area contributed by atoms with Crippen LogP contribution in [0.25, 0.3) is 11.0 Å². The first-order valence-corrected chi connectivity index (χ1v) is 8.88. The van der Waals surface area contributed by atoms with Crippen LogP contribution in [0.15, 0.2) is 45.9 Å². The Hall–Kier alpha value is -2.94. The third-order valence-electron chi connectivity index (χ3n) is 4.56. The van der Waals surface area contributed by atoms with E-state index in [9.17, 15) is 4.79 Å². The van der Waals surface area contributed by atoms with E-state index in [1.807, 2.05) is 18.2 Å². The van der Waals surface area contributed by atoms with E-state index in [2.05, 4.69) is 36.0 Å². The minimum atomic E-state index is -0.416. The molecule has 4 aromatic rings. The Morgan fingerprint density at radius 3 is 3.12 bits per heavy atom. The van der Waals surface area contributed by atoms with E-state index < -0.39 is 6.04 Å². The van der Waals surface area contributed by atoms with Crippen LogP contribution in [0.4, 0.5) is 0 Å². The van der Waals surface area contributed by atoms with Gasteiger partial charge >= 0.3 is 0 Å². The molecule has 0 saturated carbocycles. The van der Waals surface area contributed by atoms with Crippen LogP contribution in [0.2, 0.25) is 0 Å². The second kappa shape index (κ2) is 5.80. The Bertz CT molecular complexity index is 1100. The molecule has 0 saturated heterocycles. The highest BCUT2D eigenvalue weighted by Gasteiger charge is 2.37. The quantitative estimate of drug-likeness (QED) is 0.526. The second-order valence-corrected chi connectivity index (χ2v) is 7.00. The summed E-state index contributed by atoms with van der Waals surface area (Å²) >= 11 is 3.47. The average molecular weight is 413 g/mol. The molecule has 0 unspecified atom stereocenters. The van der Waals surface area contributed by atoms with Crippen molar-refractivity contribution in [1.29, 1.82) is 0 Å². The minimum absolute atomic E-state index is 0.209. The molecule has 1 aliphatic heterocycles. The summed E-state index contributed by atoms with van der Waals surface area (Å²) in [5, 5.41) is 3.79. The van der Waals surface area contributed by atoms with Crippen LogP contribution in [0.3, 0.4) is 0 Å². The first-order chi connectivity index (χ1) is 12.7. The standard InChI is InChI=1S/C17H13BrN6O2/c18-9-1-2-10-13(7-9)22-16(21-10)15-14-11(19-8-20-14)3-5-24(15)17(25)12-4-6-26-23-12/h1-2,4,6-8,15H,3,5H2,(H,19,20)(H,21,22)/t15-/m0/s1. The number of hydrogen-bond donors (Lipinski definition) is 2. The zero-order valence-corrected chi connectivity index (χ0v) is 15.0. The summed E-state index contributed by atoms with van der Waals surface area (Å²) in [7, 11) is 0. The summed E-state index contributed by atoms with van der Waals surface area (Å²) in [6.07, 6.45) is 3.74. The molecule has 0 aliphatic carbocycles. The van der Waals surface area contributed by atoms with Gasteiger partial charge in [0.15, 0.2) is 5.69 Å². The van der Waals surface area contributed by atoms with Crippen molar-refractivity contribution < 1.29 is 9.32 Å². The molecule has 26 heavy (non-hydrogen) atoms. The van der Waals surface area contributed by atoms with Crippen LogP contribution < -0.4 is 0 Å². The third kappa shape index (κ3) is 2.35. The van der Waals surface area contributed by atoms with Gasteiger partial charge < -0.3 is 19.4 Å². The van der Waals surface area contributed by atoms with E-state index >= 15 is 0 Å². The molecular formula is C17H13BrN6O2. The fourth-order valence-electron chi connectivity index (χ4n) is 3.37. The molecule has 2 N–H and O–H groups in total. The number of halogens is 1. The number of H-pyrrole nitrogens is 2. The van der Waals surface area contributed by atoms with E-state index in [-0.39, 0.29) is 11.6 Å². The Labute approximate surface area is 155 Å². The molecule has 130 valence electrons. The van der Waals surface area contributed by atoms with Gasteiger partial charge in [-0.3, -0.25) is 4.79 Å². The van der Waals surface area contributed by atoms with Gasteiger partial charge in [-0.15, -0.1) is 0 Å². The predicted molar refractivity (Wildman–Crippen MR) is 95.5 cm³/mol. The minimum Gasteiger partial charge on any atom is -0.364 e. The number of amides is 1. The van der Waals surface area contributed by atoms with Crippen molar-refractivity contribution in [2.24, 2.45) is 0 Å². The molecule has 1 aromatic carbocycles. The molecule has 4 heterocycles. The van der Waals surface area contributed by atoms with E-state index in [4.69, 9.17) is 9.51 Å². The van der Waals surface area contributed by atoms with Gasteiger partial charge in [0.05, 0.1) is 23.1 Å². The molecule has 9 heteroatoms. The lowest BCUT2D eigenvalue weighted by Gasteiger charge is -2.33. The average Bonchev–Trinajstić information content (AvgIpc) is 3.38. The van der Waals surface area contributed by atoms with Crippen LogP contribution in [-0.4, -0.2) is 42.4 Å². The van der Waals surface area contributed by atoms with Crippen molar-refractivity contribution in [2.45, 2.75) is 12.5 Å². The predicted octanol–water partition coefficient (Wildman–Crippen LogP) is 2.82. The van der Waals surface area contributed by atoms with Crippen molar-refractivity contribution in [2.75, 3.05) is 6.54 Å². The highest BCUT2D eigenvalue weighted by Crippen LogP contribution is 2.34. The summed E-state index contributed by atoms with van der Waals surface area (Å²) < 4.78 is 5.79. The lowest BCUT2D eigenvalue weighted by molar-refractivity contribution is 0.0673. The molecule has 3 aromatic heterocycles. The molecule has 1 amide bonds. The number of carbonyl (C=O) groups is 1. The summed E-state index contributed by atoms with van der Waals surface area (Å²) in [5.74, 6) is 0.460. The number of aromatic nitrogens is 5. The second-order valence-electron chi connectivity index (χ2n) is 6.09. The van der Waals surface area contributed by atoms with E-state index in [0.717, 1.165) is 26.9 Å². The summed E-state index contributed by atoms with van der Waals surface area (Å²) in [6.45, 7) is 0.534. The van der Waals surface area contributed by atoms with Crippen LogP contribution in [0, 0.1) is 0 Å². The highest BCUT2D eigenvalue weighted by atomic mass is 79.9. The monoisotopic (exact) mass is 412 g/mol. The normalized spacial score (nSPS) is 16.8. The number of hydrogen-bond acceptors (Lipinski definition) is 5. The van der Waals surface area contributed by atoms with Crippen LogP contribution >= 0.6 is 15.9 Å². The first-order valence-electron chi connectivity index (χ1n) is 8.09. The number of aromatic amines is 2. The van der Waals surface area contributed by atoms with Gasteiger partial charge in [0.2, 0.25) is 0 Å². The van der Waals surface area contributed by atoms with E-state index in [1.54, 1.807) is 17.3 Å². The van der Waals surface area contributed by atoms with E-state index in [0.29, 0.717) is 18.8 Å². The molecule has 5 rings (SSSR count). The van der Waals surface area contributed by atoms with Gasteiger partial charge in [0, 0.05) is 29.2 Å². The van der Waals surface area contributed by atoms with Crippen molar-refractivity contribution in [3.8, 4) is 0 Å². The maximum absolute atomic E-state index is 13.0. The van der Waals surface area contributed by atoms with Crippen molar-refractivity contribution in [3.05, 3.63) is 64.2 Å². The number of carbonyl (C=O) groups excluding carboxylic acids is 1. The molecule has 1 aliphatic rings. The number of benzene rings is 1. The molecule has 0 spiro atoms. The van der Waals surface area contributed by atoms with Gasteiger partial charge in [-0.05, 0) is 18.2 Å². The Morgan fingerprint density at radius 2 is 2.27 bits per heavy atom. The number of imidazole rings is 2. The SMILES string of the molecule is O=C(c1ccon1)N1CCc2[nH]cnc2[C@H]1c1nc2ccc(Br)cc2[nH]1. The van der Waals surface area contributed by atoms with Crippen molar-refractivity contribution in [3.63, 3.8) is 0 Å². The first kappa shape index (κ1) is 15.3. The zero-order chi connectivity index (χ0) is 17.7. The van der Waals surface area contributed by atoms with Crippen LogP contribution in [-0.2, 0) is 6.42 Å². The van der Waals surface area contributed by atoms with E-state index in [1.165, 1.54) is 6.26 Å². The summed E-state index contributed by atoms with van der Waals surface area (Å²) in [5.41, 5.74) is 3.81. The Kier molecular flexibility index (Phi) is 3.42. The molecule has 8 nitrogen and oxygen atoms in total. The lowest BCUT2D eigenvalue weighted by Crippen LogP contribution is -2.41. The van der Waals surface area contributed by atoms with Crippen LogP contribution in [0.5, 0.6) is 0 Å². The number of rotatable bonds is 2. The summed E-state index contributed by atoms with van der Waals surface area (Å²) in [4.78, 5) is 30.3. The fraction of sp³-hybridized carbons (Fsp3) is 0.176. The number of fused-ring (bicyclic) bond motifs is 2. The third-order valence-corrected chi connectivity index (χ3v) is 5.06. The van der Waals surface area contributed by atoms with Gasteiger partial charge in [-0.25, -0.2) is 9.97 Å². The fourth-order valence-corrected chi connectivity index (χ4v) is 3.73. The van der Waals surface area contributed by atoms with Crippen LogP contribution in [0.1, 0.15) is 33.7 Å². The Balaban J connectivity index is 1.64. The topological polar surface area (TPSA) is 104 Å². The van der Waals surface area contributed by atoms with Gasteiger partial charge in [0.25, 0.3) is 5.91 Å². The largest absolute Gasteiger partial charge is 0.364 e. The smallest absolute Gasteiger partial charge is 0.276 e. The molecule has 0 radical (unpaired) electrons.